The van der Waals surface area contributed by atoms with Crippen LogP contribution in [0.2, 0.25) is 0 Å². The first kappa shape index (κ1) is 14.1. The van der Waals surface area contributed by atoms with Crippen molar-refractivity contribution in [1.29, 1.82) is 0 Å². The van der Waals surface area contributed by atoms with Gasteiger partial charge >= 0.3 is 0 Å². The third-order valence-corrected chi connectivity index (χ3v) is 4.62. The first-order valence-electron chi connectivity index (χ1n) is 7.99. The van der Waals surface area contributed by atoms with E-state index in [0.29, 0.717) is 24.3 Å². The highest BCUT2D eigenvalue weighted by Crippen LogP contribution is 2.23. The van der Waals surface area contributed by atoms with Crippen molar-refractivity contribution in [2.45, 2.75) is 50.7 Å². The fourth-order valence-corrected chi connectivity index (χ4v) is 3.35. The molecular weight excluding hydrogens is 254 g/mol. The van der Waals surface area contributed by atoms with Gasteiger partial charge < -0.3 is 14.4 Å². The molecule has 112 valence electrons. The minimum atomic E-state index is 0.283. The second-order valence-corrected chi connectivity index (χ2v) is 6.17. The summed E-state index contributed by atoms with van der Waals surface area (Å²) in [6.45, 7) is 3.28. The molecule has 0 aromatic rings. The van der Waals surface area contributed by atoms with Crippen molar-refractivity contribution in [3.05, 3.63) is 12.2 Å². The predicted octanol–water partition coefficient (Wildman–Crippen LogP) is 2.14. The number of nitrogens with zero attached hydrogens (tertiary/aromatic N) is 1. The SMILES string of the molecule is O=C(C[C@@H]1C=CCC1)N1CCC(O[C@@H]2CCOC2)CC1. The van der Waals surface area contributed by atoms with Crippen molar-refractivity contribution in [3.63, 3.8) is 0 Å². The van der Waals surface area contributed by atoms with Crippen LogP contribution in [-0.4, -0.2) is 49.3 Å². The lowest BCUT2D eigenvalue weighted by Gasteiger charge is -2.33. The monoisotopic (exact) mass is 279 g/mol. The van der Waals surface area contributed by atoms with Crippen LogP contribution in [0.5, 0.6) is 0 Å². The Balaban J connectivity index is 1.38. The Bertz CT molecular complexity index is 355. The van der Waals surface area contributed by atoms with Gasteiger partial charge in [-0.1, -0.05) is 12.2 Å². The average Bonchev–Trinajstić information content (AvgIpc) is 3.13. The van der Waals surface area contributed by atoms with Crippen LogP contribution in [-0.2, 0) is 14.3 Å². The molecule has 2 saturated heterocycles. The quantitative estimate of drug-likeness (QED) is 0.740. The largest absolute Gasteiger partial charge is 0.379 e. The Morgan fingerprint density at radius 3 is 2.70 bits per heavy atom. The molecule has 0 aromatic heterocycles. The molecule has 1 amide bonds. The lowest BCUT2D eigenvalue weighted by Crippen LogP contribution is -2.42. The van der Waals surface area contributed by atoms with Gasteiger partial charge in [0.25, 0.3) is 0 Å². The molecule has 2 aliphatic heterocycles. The number of rotatable bonds is 4. The fraction of sp³-hybridized carbons (Fsp3) is 0.812. The lowest BCUT2D eigenvalue weighted by atomic mass is 10.0. The zero-order valence-corrected chi connectivity index (χ0v) is 12.1. The maximum Gasteiger partial charge on any atom is 0.223 e. The van der Waals surface area contributed by atoms with Gasteiger partial charge in [0, 0.05) is 26.1 Å². The van der Waals surface area contributed by atoms with E-state index >= 15 is 0 Å². The summed E-state index contributed by atoms with van der Waals surface area (Å²) in [5.74, 6) is 0.802. The molecule has 0 spiro atoms. The maximum absolute atomic E-state index is 12.2. The maximum atomic E-state index is 12.2. The molecule has 2 heterocycles. The number of hydrogen-bond donors (Lipinski definition) is 0. The van der Waals surface area contributed by atoms with Crippen LogP contribution in [0.3, 0.4) is 0 Å². The van der Waals surface area contributed by atoms with E-state index in [-0.39, 0.29) is 6.10 Å². The van der Waals surface area contributed by atoms with Crippen LogP contribution in [0, 0.1) is 5.92 Å². The number of amides is 1. The molecule has 0 bridgehead atoms. The van der Waals surface area contributed by atoms with Gasteiger partial charge in [-0.3, -0.25) is 4.79 Å². The summed E-state index contributed by atoms with van der Waals surface area (Å²) >= 11 is 0. The highest BCUT2D eigenvalue weighted by molar-refractivity contribution is 5.76. The summed E-state index contributed by atoms with van der Waals surface area (Å²) < 4.78 is 11.4. The second-order valence-electron chi connectivity index (χ2n) is 6.17. The van der Waals surface area contributed by atoms with Crippen LogP contribution < -0.4 is 0 Å². The average molecular weight is 279 g/mol. The molecule has 3 rings (SSSR count). The molecule has 4 heteroatoms. The second kappa shape index (κ2) is 6.72. The van der Waals surface area contributed by atoms with Crippen LogP contribution >= 0.6 is 0 Å². The van der Waals surface area contributed by atoms with Crippen LogP contribution in [0.25, 0.3) is 0 Å². The number of hydrogen-bond acceptors (Lipinski definition) is 3. The van der Waals surface area contributed by atoms with E-state index in [1.165, 1.54) is 0 Å². The number of carbonyl (C=O) groups is 1. The van der Waals surface area contributed by atoms with E-state index in [4.69, 9.17) is 9.47 Å². The number of piperidine rings is 1. The van der Waals surface area contributed by atoms with Gasteiger partial charge in [0.15, 0.2) is 0 Å². The zero-order chi connectivity index (χ0) is 13.8. The third kappa shape index (κ3) is 3.61. The van der Waals surface area contributed by atoms with E-state index < -0.39 is 0 Å². The zero-order valence-electron chi connectivity index (χ0n) is 12.1. The van der Waals surface area contributed by atoms with Crippen LogP contribution in [0.15, 0.2) is 12.2 Å². The van der Waals surface area contributed by atoms with E-state index in [9.17, 15) is 4.79 Å². The molecule has 20 heavy (non-hydrogen) atoms. The van der Waals surface area contributed by atoms with Crippen molar-refractivity contribution in [1.82, 2.24) is 4.90 Å². The van der Waals surface area contributed by atoms with Crippen molar-refractivity contribution in [2.75, 3.05) is 26.3 Å². The normalized spacial score (nSPS) is 31.1. The highest BCUT2D eigenvalue weighted by atomic mass is 16.5. The Morgan fingerprint density at radius 2 is 2.05 bits per heavy atom. The fourth-order valence-electron chi connectivity index (χ4n) is 3.35. The first-order chi connectivity index (χ1) is 9.81. The van der Waals surface area contributed by atoms with E-state index in [0.717, 1.165) is 58.4 Å². The van der Waals surface area contributed by atoms with Gasteiger partial charge in [-0.05, 0) is 38.0 Å². The smallest absolute Gasteiger partial charge is 0.223 e. The Hall–Kier alpha value is -0.870. The van der Waals surface area contributed by atoms with Gasteiger partial charge in [0.2, 0.25) is 5.91 Å². The molecule has 2 fully saturated rings. The van der Waals surface area contributed by atoms with Gasteiger partial charge in [0.05, 0.1) is 18.8 Å². The Morgan fingerprint density at radius 1 is 1.20 bits per heavy atom. The van der Waals surface area contributed by atoms with Crippen molar-refractivity contribution < 1.29 is 14.3 Å². The first-order valence-corrected chi connectivity index (χ1v) is 7.99. The summed E-state index contributed by atoms with van der Waals surface area (Å²) in [6, 6.07) is 0. The van der Waals surface area contributed by atoms with Crippen molar-refractivity contribution >= 4 is 5.91 Å². The van der Waals surface area contributed by atoms with Gasteiger partial charge in [-0.2, -0.15) is 0 Å². The molecule has 3 aliphatic rings. The summed E-state index contributed by atoms with van der Waals surface area (Å²) in [7, 11) is 0. The minimum Gasteiger partial charge on any atom is -0.379 e. The van der Waals surface area contributed by atoms with Gasteiger partial charge in [-0.15, -0.1) is 0 Å². The van der Waals surface area contributed by atoms with Crippen LogP contribution in [0.1, 0.15) is 38.5 Å². The summed E-state index contributed by atoms with van der Waals surface area (Å²) in [5, 5.41) is 0. The highest BCUT2D eigenvalue weighted by Gasteiger charge is 2.27. The topological polar surface area (TPSA) is 38.8 Å². The summed E-state index contributed by atoms with van der Waals surface area (Å²) in [6.07, 6.45) is 10.9. The molecular formula is C16H25NO3. The van der Waals surface area contributed by atoms with E-state index in [1.54, 1.807) is 0 Å². The summed E-state index contributed by atoms with van der Waals surface area (Å²) in [5.41, 5.74) is 0. The molecule has 0 N–H and O–H groups in total. The van der Waals surface area contributed by atoms with Crippen molar-refractivity contribution in [3.8, 4) is 0 Å². The van der Waals surface area contributed by atoms with Crippen molar-refractivity contribution in [2.24, 2.45) is 5.92 Å². The molecule has 0 aromatic carbocycles. The molecule has 0 saturated carbocycles. The number of ether oxygens (including phenoxy) is 2. The van der Waals surface area contributed by atoms with Gasteiger partial charge in [0.1, 0.15) is 0 Å². The summed E-state index contributed by atoms with van der Waals surface area (Å²) in [4.78, 5) is 14.3. The molecule has 0 unspecified atom stereocenters. The van der Waals surface area contributed by atoms with E-state index in [2.05, 4.69) is 12.2 Å². The lowest BCUT2D eigenvalue weighted by molar-refractivity contribution is -0.135. The molecule has 4 nitrogen and oxygen atoms in total. The Kier molecular flexibility index (Phi) is 4.73. The number of carbonyl (C=O) groups excluding carboxylic acids is 1. The van der Waals surface area contributed by atoms with Crippen LogP contribution in [0.4, 0.5) is 0 Å². The molecule has 1 aliphatic carbocycles. The Labute approximate surface area is 121 Å². The van der Waals surface area contributed by atoms with E-state index in [1.807, 2.05) is 4.90 Å². The van der Waals surface area contributed by atoms with Gasteiger partial charge in [-0.25, -0.2) is 0 Å². The molecule has 0 radical (unpaired) electrons. The molecule has 2 atom stereocenters. The third-order valence-electron chi connectivity index (χ3n) is 4.62. The standard InChI is InChI=1S/C16H25NO3/c18-16(11-13-3-1-2-4-13)17-8-5-14(6-9-17)20-15-7-10-19-12-15/h1,3,13-15H,2,4-12H2/t13-,15-/m1/s1. The predicted molar refractivity (Wildman–Crippen MR) is 76.4 cm³/mol. The minimum absolute atomic E-state index is 0.283. The number of allylic oxidation sites excluding steroid dienone is 2. The number of likely N-dealkylation sites (tertiary alicyclic amines) is 1.